The molecule has 3 amide bonds. The maximum atomic E-state index is 12.8. The van der Waals surface area contributed by atoms with Crippen LogP contribution in [0.4, 0.5) is 4.79 Å². The van der Waals surface area contributed by atoms with Crippen molar-refractivity contribution in [3.8, 4) is 0 Å². The Morgan fingerprint density at radius 3 is 2.16 bits per heavy atom. The number of carbonyl (C=O) groups excluding carboxylic acids is 4. The van der Waals surface area contributed by atoms with Gasteiger partial charge in [-0.2, -0.15) is 0 Å². The molecule has 7 atom stereocenters. The van der Waals surface area contributed by atoms with Crippen molar-refractivity contribution in [2.45, 2.75) is 84.2 Å². The van der Waals surface area contributed by atoms with Gasteiger partial charge in [0.25, 0.3) is 0 Å². The quantitative estimate of drug-likeness (QED) is 0.421. The van der Waals surface area contributed by atoms with E-state index in [1.807, 2.05) is 6.92 Å². The van der Waals surface area contributed by atoms with E-state index >= 15 is 0 Å². The molecule has 0 aromatic carbocycles. The minimum Gasteiger partial charge on any atom is -0.464 e. The van der Waals surface area contributed by atoms with Crippen molar-refractivity contribution in [1.29, 1.82) is 0 Å². The summed E-state index contributed by atoms with van der Waals surface area (Å²) < 4.78 is 10.3. The standard InChI is InChI=1S/C21H35N3O7/c1-8-30-18(28)21(9-13(25)14-10(2)15(14)21)24-17(27)12(4)22-16(26)11(3)23-19(29)31-20(5,6)7/h10-15,25H,8-9H2,1-7H3,(H,22,26)(H,23,29)(H,24,27)/t10-,11-,12-,13-,14+,15+,21-/m0/s1. The first-order valence-electron chi connectivity index (χ1n) is 10.7. The van der Waals surface area contributed by atoms with Crippen LogP contribution in [0.15, 0.2) is 0 Å². The summed E-state index contributed by atoms with van der Waals surface area (Å²) in [5.74, 6) is -1.91. The largest absolute Gasteiger partial charge is 0.464 e. The lowest BCUT2D eigenvalue weighted by Crippen LogP contribution is -2.61. The second kappa shape index (κ2) is 9.02. The van der Waals surface area contributed by atoms with Crippen LogP contribution in [-0.2, 0) is 23.9 Å². The van der Waals surface area contributed by atoms with Crippen LogP contribution in [0.1, 0.15) is 54.9 Å². The Labute approximate surface area is 182 Å². The summed E-state index contributed by atoms with van der Waals surface area (Å²) in [7, 11) is 0. The Balaban J connectivity index is 1.99. The predicted octanol–water partition coefficient (Wildman–Crippen LogP) is 0.469. The first-order valence-corrected chi connectivity index (χ1v) is 10.7. The number of aliphatic hydroxyl groups is 1. The van der Waals surface area contributed by atoms with E-state index in [0.29, 0.717) is 0 Å². The number of aliphatic hydroxyl groups excluding tert-OH is 1. The highest BCUT2D eigenvalue weighted by Gasteiger charge is 2.71. The van der Waals surface area contributed by atoms with Crippen molar-refractivity contribution in [2.24, 2.45) is 17.8 Å². The molecule has 31 heavy (non-hydrogen) atoms. The Morgan fingerprint density at radius 2 is 1.68 bits per heavy atom. The lowest BCUT2D eigenvalue weighted by Gasteiger charge is -2.32. The Hall–Kier alpha value is -2.36. The molecule has 0 heterocycles. The molecule has 0 aliphatic heterocycles. The third-order valence-corrected chi connectivity index (χ3v) is 5.86. The zero-order valence-corrected chi connectivity index (χ0v) is 19.3. The molecule has 2 rings (SSSR count). The van der Waals surface area contributed by atoms with Gasteiger partial charge >= 0.3 is 12.1 Å². The molecule has 0 spiro atoms. The summed E-state index contributed by atoms with van der Waals surface area (Å²) in [5, 5.41) is 18.0. The fourth-order valence-electron chi connectivity index (χ4n) is 4.41. The molecule has 2 aliphatic carbocycles. The third kappa shape index (κ3) is 5.47. The van der Waals surface area contributed by atoms with Crippen molar-refractivity contribution in [3.63, 3.8) is 0 Å². The highest BCUT2D eigenvalue weighted by atomic mass is 16.6. The van der Waals surface area contributed by atoms with E-state index in [9.17, 15) is 24.3 Å². The Morgan fingerprint density at radius 1 is 1.10 bits per heavy atom. The Kier molecular flexibility index (Phi) is 7.24. The predicted molar refractivity (Wildman–Crippen MR) is 111 cm³/mol. The van der Waals surface area contributed by atoms with E-state index in [4.69, 9.17) is 9.47 Å². The first-order chi connectivity index (χ1) is 14.2. The summed E-state index contributed by atoms with van der Waals surface area (Å²) >= 11 is 0. The third-order valence-electron chi connectivity index (χ3n) is 5.86. The molecule has 2 fully saturated rings. The number of carbonyl (C=O) groups is 4. The molecular formula is C21H35N3O7. The van der Waals surface area contributed by atoms with E-state index in [1.165, 1.54) is 13.8 Å². The molecule has 0 saturated heterocycles. The van der Waals surface area contributed by atoms with Crippen molar-refractivity contribution >= 4 is 23.9 Å². The van der Waals surface area contributed by atoms with Gasteiger partial charge in [-0.15, -0.1) is 0 Å². The summed E-state index contributed by atoms with van der Waals surface area (Å²) in [6.45, 7) is 11.8. The molecule has 4 N–H and O–H groups in total. The van der Waals surface area contributed by atoms with Crippen LogP contribution in [0.3, 0.4) is 0 Å². The zero-order chi connectivity index (χ0) is 23.7. The van der Waals surface area contributed by atoms with Crippen LogP contribution >= 0.6 is 0 Å². The van der Waals surface area contributed by atoms with Crippen molar-refractivity contribution in [2.75, 3.05) is 6.61 Å². The van der Waals surface area contributed by atoms with Crippen LogP contribution < -0.4 is 16.0 Å². The molecule has 176 valence electrons. The summed E-state index contributed by atoms with van der Waals surface area (Å²) in [6.07, 6.45) is -1.37. The fourth-order valence-corrected chi connectivity index (χ4v) is 4.41. The number of hydrogen-bond donors (Lipinski definition) is 4. The Bertz CT molecular complexity index is 735. The lowest BCUT2D eigenvalue weighted by atomic mass is 9.89. The highest BCUT2D eigenvalue weighted by molar-refractivity contribution is 5.94. The van der Waals surface area contributed by atoms with Gasteiger partial charge in [0.2, 0.25) is 11.8 Å². The highest BCUT2D eigenvalue weighted by Crippen LogP contribution is 2.62. The fraction of sp³-hybridized carbons (Fsp3) is 0.810. The smallest absolute Gasteiger partial charge is 0.408 e. The first kappa shape index (κ1) is 24.9. The van der Waals surface area contributed by atoms with Crippen molar-refractivity contribution < 1.29 is 33.8 Å². The minimum atomic E-state index is -1.31. The van der Waals surface area contributed by atoms with Gasteiger partial charge in [0, 0.05) is 12.3 Å². The molecule has 0 radical (unpaired) electrons. The van der Waals surface area contributed by atoms with E-state index in [0.717, 1.165) is 0 Å². The second-order valence-corrected chi connectivity index (χ2v) is 9.51. The van der Waals surface area contributed by atoms with Gasteiger partial charge in [-0.05, 0) is 53.4 Å². The number of alkyl carbamates (subject to hydrolysis) is 1. The number of hydrogen-bond acceptors (Lipinski definition) is 7. The number of amides is 3. The summed E-state index contributed by atoms with van der Waals surface area (Å²) in [6, 6.07) is -1.92. The van der Waals surface area contributed by atoms with Gasteiger partial charge in [-0.3, -0.25) is 9.59 Å². The maximum absolute atomic E-state index is 12.8. The zero-order valence-electron chi connectivity index (χ0n) is 19.3. The molecular weight excluding hydrogens is 406 g/mol. The van der Waals surface area contributed by atoms with Crippen LogP contribution in [0.5, 0.6) is 0 Å². The number of esters is 1. The van der Waals surface area contributed by atoms with E-state index in [-0.39, 0.29) is 30.8 Å². The maximum Gasteiger partial charge on any atom is 0.408 e. The topological polar surface area (TPSA) is 143 Å². The molecule has 0 aromatic heterocycles. The van der Waals surface area contributed by atoms with Crippen LogP contribution in [-0.4, -0.2) is 64.9 Å². The van der Waals surface area contributed by atoms with Gasteiger partial charge in [0.1, 0.15) is 23.2 Å². The van der Waals surface area contributed by atoms with E-state index < -0.39 is 53.2 Å². The van der Waals surface area contributed by atoms with Gasteiger partial charge in [0.05, 0.1) is 12.7 Å². The van der Waals surface area contributed by atoms with E-state index in [1.54, 1.807) is 27.7 Å². The average Bonchev–Trinajstić information content (AvgIpc) is 3.20. The molecule has 2 saturated carbocycles. The van der Waals surface area contributed by atoms with Crippen LogP contribution in [0.25, 0.3) is 0 Å². The summed E-state index contributed by atoms with van der Waals surface area (Å²) in [5.41, 5.74) is -2.02. The monoisotopic (exact) mass is 441 g/mol. The normalized spacial score (nSPS) is 31.0. The van der Waals surface area contributed by atoms with E-state index in [2.05, 4.69) is 16.0 Å². The van der Waals surface area contributed by atoms with Crippen LogP contribution in [0, 0.1) is 17.8 Å². The molecule has 10 nitrogen and oxygen atoms in total. The molecule has 2 aliphatic rings. The lowest BCUT2D eigenvalue weighted by molar-refractivity contribution is -0.155. The SMILES string of the molecule is CCOC(=O)[C@]1(NC(=O)[C@H](C)NC(=O)[C@H](C)NC(=O)OC(C)(C)C)C[C@H](O)[C@H]2[C@H](C)[C@H]21. The molecule has 0 aromatic rings. The summed E-state index contributed by atoms with van der Waals surface area (Å²) in [4.78, 5) is 49.8. The van der Waals surface area contributed by atoms with Gasteiger partial charge in [0.15, 0.2) is 0 Å². The van der Waals surface area contributed by atoms with Crippen molar-refractivity contribution in [1.82, 2.24) is 16.0 Å². The number of nitrogens with one attached hydrogen (secondary N) is 3. The minimum absolute atomic E-state index is 0.0624. The number of rotatable bonds is 7. The number of ether oxygens (including phenoxy) is 2. The molecule has 0 bridgehead atoms. The van der Waals surface area contributed by atoms with Gasteiger partial charge in [-0.1, -0.05) is 6.92 Å². The van der Waals surface area contributed by atoms with Crippen molar-refractivity contribution in [3.05, 3.63) is 0 Å². The van der Waals surface area contributed by atoms with Gasteiger partial charge < -0.3 is 30.5 Å². The average molecular weight is 442 g/mol. The second-order valence-electron chi connectivity index (χ2n) is 9.51. The molecule has 0 unspecified atom stereocenters. The van der Waals surface area contributed by atoms with Gasteiger partial charge in [-0.25, -0.2) is 9.59 Å². The number of fused-ring (bicyclic) bond motifs is 1. The molecule has 10 heteroatoms. The van der Waals surface area contributed by atoms with Crippen LogP contribution in [0.2, 0.25) is 0 Å².